The van der Waals surface area contributed by atoms with Crippen molar-refractivity contribution >= 4 is 29.5 Å². The third kappa shape index (κ3) is 2.18. The van der Waals surface area contributed by atoms with Crippen LogP contribution < -0.4 is 4.84 Å². The number of rotatable bonds is 1. The summed E-state index contributed by atoms with van der Waals surface area (Å²) in [5.41, 5.74) is 1.22. The lowest BCUT2D eigenvalue weighted by Crippen LogP contribution is -1.84. The van der Waals surface area contributed by atoms with Gasteiger partial charge in [0.2, 0.25) is 0 Å². The van der Waals surface area contributed by atoms with E-state index in [2.05, 4.69) is 17.1 Å². The largest absolute Gasteiger partial charge is 0.295 e. The Bertz CT molecular complexity index is 22.0. The second kappa shape index (κ2) is 3.18. The van der Waals surface area contributed by atoms with Crippen LogP contribution in [-0.4, -0.2) is 5.49 Å². The molecular weight excluding hydrogens is 93.5 g/mol. The summed E-state index contributed by atoms with van der Waals surface area (Å²) in [6.07, 6.45) is 0. The number of nitrogens with one attached hydrogen (secondary N) is 1. The molecule has 0 aromatic carbocycles. The zero-order chi connectivity index (χ0) is 3.41. The van der Waals surface area contributed by atoms with Crippen LogP contribution in [0.15, 0.2) is 0 Å². The molecule has 0 saturated carbocycles. The van der Waals surface area contributed by atoms with Gasteiger partial charge in [0.05, 0.1) is 5.49 Å². The van der Waals surface area contributed by atoms with Crippen LogP contribution in [0.3, 0.4) is 0 Å². The van der Waals surface area contributed by atoms with Gasteiger partial charge in [0.15, 0.2) is 0 Å². The minimum absolute atomic E-state index is 1.22. The van der Waals surface area contributed by atoms with Gasteiger partial charge >= 0.3 is 0 Å². The second-order valence-corrected chi connectivity index (χ2v) is 0.681. The summed E-state index contributed by atoms with van der Waals surface area (Å²) >= 11 is 8.96. The Kier molecular flexibility index (Phi) is 3.32. The normalized spacial score (nSPS) is 5.25. The first-order valence-electron chi connectivity index (χ1n) is 0.713. The van der Waals surface area contributed by atoms with Gasteiger partial charge in [-0.3, -0.25) is 4.84 Å². The van der Waals surface area contributed by atoms with Crippen LogP contribution in [-0.2, 0) is 0 Å². The van der Waals surface area contributed by atoms with Crippen LogP contribution in [0.2, 0.25) is 0 Å². The van der Waals surface area contributed by atoms with Crippen LogP contribution in [0.1, 0.15) is 0 Å². The lowest BCUT2D eigenvalue weighted by molar-refractivity contribution is 1.63. The highest BCUT2D eigenvalue weighted by Gasteiger charge is 1.42. The van der Waals surface area contributed by atoms with Gasteiger partial charge in [0.25, 0.3) is 0 Å². The molecule has 0 bridgehead atoms. The van der Waals surface area contributed by atoms with Gasteiger partial charge in [-0.2, -0.15) is 0 Å². The van der Waals surface area contributed by atoms with Gasteiger partial charge in [-0.15, -0.1) is 0 Å². The Morgan fingerprint density at radius 1 is 2.00 bits per heavy atom. The lowest BCUT2D eigenvalue weighted by Gasteiger charge is -1.63. The third-order valence-corrected chi connectivity index (χ3v) is 0.401. The number of hydrogen-bond acceptors (Lipinski definition) is 1. The molecule has 0 aromatic rings. The highest BCUT2D eigenvalue weighted by Crippen LogP contribution is 1.47. The Labute approximate surface area is 35.1 Å². The van der Waals surface area contributed by atoms with E-state index in [4.69, 9.17) is 11.8 Å². The Morgan fingerprint density at radius 3 is 2.25 bits per heavy atom. The van der Waals surface area contributed by atoms with Crippen molar-refractivity contribution < 1.29 is 0 Å². The molecule has 24 valence electrons. The van der Waals surface area contributed by atoms with Crippen molar-refractivity contribution in [2.75, 3.05) is 0 Å². The van der Waals surface area contributed by atoms with E-state index < -0.39 is 0 Å². The first-order valence-corrected chi connectivity index (χ1v) is 1.56. The summed E-state index contributed by atoms with van der Waals surface area (Å²) in [6.45, 7) is 0. The van der Waals surface area contributed by atoms with Crippen LogP contribution >= 0.6 is 24.0 Å². The molecule has 0 amide bonds. The van der Waals surface area contributed by atoms with Crippen molar-refractivity contribution in [1.82, 2.24) is 4.84 Å². The Hall–Kier alpha value is 0.180. The fourth-order valence-corrected chi connectivity index (χ4v) is 0. The Balaban J connectivity index is 2.30. The van der Waals surface area contributed by atoms with Gasteiger partial charge in [-0.05, 0) is 0 Å². The van der Waals surface area contributed by atoms with Gasteiger partial charge in [-0.1, -0.05) is 12.2 Å². The highest BCUT2D eigenvalue weighted by atomic mass is 35.5. The summed E-state index contributed by atoms with van der Waals surface area (Å²) < 4.78 is 0. The van der Waals surface area contributed by atoms with E-state index in [0.29, 0.717) is 0 Å². The third-order valence-electron chi connectivity index (χ3n) is 0.0445. The SMILES string of the molecule is S=CNCl. The van der Waals surface area contributed by atoms with E-state index in [1.165, 1.54) is 5.49 Å². The van der Waals surface area contributed by atoms with Crippen LogP contribution in [0.4, 0.5) is 0 Å². The standard InChI is InChI=1S/CH2ClNS/c2-3-1-4/h1H,(H,3,4). The minimum Gasteiger partial charge on any atom is -0.295 e. The molecule has 4 heavy (non-hydrogen) atoms. The van der Waals surface area contributed by atoms with Gasteiger partial charge in [0.1, 0.15) is 0 Å². The predicted octanol–water partition coefficient (Wildman–Crippen LogP) is 0.687. The summed E-state index contributed by atoms with van der Waals surface area (Å²) in [5.74, 6) is 0. The molecule has 0 aliphatic rings. The van der Waals surface area contributed by atoms with E-state index in [1.54, 1.807) is 0 Å². The molecule has 3 heteroatoms. The molecule has 0 saturated heterocycles. The van der Waals surface area contributed by atoms with Crippen molar-refractivity contribution in [2.24, 2.45) is 0 Å². The topological polar surface area (TPSA) is 12.0 Å². The summed E-state index contributed by atoms with van der Waals surface area (Å²) in [4.78, 5) is 2.09. The molecular formula is CH2ClNS. The molecule has 0 radical (unpaired) electrons. The van der Waals surface area contributed by atoms with Crippen molar-refractivity contribution in [1.29, 1.82) is 0 Å². The van der Waals surface area contributed by atoms with E-state index in [1.807, 2.05) is 0 Å². The average Bonchev–Trinajstić information content (AvgIpc) is 1.37. The number of thiocarbonyl (C=S) groups is 1. The van der Waals surface area contributed by atoms with Crippen molar-refractivity contribution in [2.45, 2.75) is 0 Å². The first kappa shape index (κ1) is 4.18. The van der Waals surface area contributed by atoms with Gasteiger partial charge < -0.3 is 0 Å². The number of halogens is 1. The van der Waals surface area contributed by atoms with E-state index in [9.17, 15) is 0 Å². The van der Waals surface area contributed by atoms with E-state index in [0.717, 1.165) is 0 Å². The Morgan fingerprint density at radius 2 is 2.25 bits per heavy atom. The fourth-order valence-electron chi connectivity index (χ4n) is 0. The van der Waals surface area contributed by atoms with Gasteiger partial charge in [0, 0.05) is 11.8 Å². The quantitative estimate of drug-likeness (QED) is 0.380. The first-order chi connectivity index (χ1) is 1.91. The average molecular weight is 95.6 g/mol. The van der Waals surface area contributed by atoms with E-state index in [-0.39, 0.29) is 0 Å². The van der Waals surface area contributed by atoms with Crippen LogP contribution in [0.25, 0.3) is 0 Å². The smallest absolute Gasteiger partial charge is 0.0761 e. The molecule has 0 spiro atoms. The predicted molar refractivity (Wildman–Crippen MR) is 22.6 cm³/mol. The second-order valence-electron chi connectivity index (χ2n) is 0.227. The summed E-state index contributed by atoms with van der Waals surface area (Å²) in [6, 6.07) is 0. The number of hydrogen-bond donors (Lipinski definition) is 1. The molecule has 0 fully saturated rings. The molecule has 0 rings (SSSR count). The molecule has 1 N–H and O–H groups in total. The maximum Gasteiger partial charge on any atom is 0.0761 e. The zero-order valence-electron chi connectivity index (χ0n) is 1.86. The van der Waals surface area contributed by atoms with Crippen molar-refractivity contribution in [3.8, 4) is 0 Å². The molecule has 0 aliphatic heterocycles. The lowest BCUT2D eigenvalue weighted by atomic mass is 11.6. The molecule has 0 atom stereocenters. The van der Waals surface area contributed by atoms with Crippen LogP contribution in [0, 0.1) is 0 Å². The molecule has 0 unspecified atom stereocenters. The zero-order valence-corrected chi connectivity index (χ0v) is 3.44. The monoisotopic (exact) mass is 95.0 g/mol. The van der Waals surface area contributed by atoms with Crippen molar-refractivity contribution in [3.05, 3.63) is 0 Å². The molecule has 1 nitrogen and oxygen atoms in total. The molecule has 0 aliphatic carbocycles. The maximum atomic E-state index is 4.78. The maximum absolute atomic E-state index is 4.78. The van der Waals surface area contributed by atoms with Crippen LogP contribution in [0.5, 0.6) is 0 Å². The van der Waals surface area contributed by atoms with Crippen molar-refractivity contribution in [3.63, 3.8) is 0 Å². The molecule has 0 heterocycles. The minimum atomic E-state index is 1.22. The highest BCUT2D eigenvalue weighted by molar-refractivity contribution is 7.78. The summed E-state index contributed by atoms with van der Waals surface area (Å²) in [7, 11) is 0. The molecule has 0 aromatic heterocycles. The fraction of sp³-hybridized carbons (Fsp3) is 0. The van der Waals surface area contributed by atoms with E-state index >= 15 is 0 Å². The summed E-state index contributed by atoms with van der Waals surface area (Å²) in [5, 5.41) is 0. The van der Waals surface area contributed by atoms with Gasteiger partial charge in [-0.25, -0.2) is 0 Å².